The molecular formula is C20H23ClN2O2. The number of ether oxygens (including phenoxy) is 1. The second kappa shape index (κ2) is 7.36. The van der Waals surface area contributed by atoms with Crippen molar-refractivity contribution in [2.75, 3.05) is 23.9 Å². The summed E-state index contributed by atoms with van der Waals surface area (Å²) in [7, 11) is 1.61. The van der Waals surface area contributed by atoms with Crippen LogP contribution in [-0.4, -0.2) is 25.6 Å². The number of nitrogens with one attached hydrogen (secondary N) is 1. The molecule has 0 radical (unpaired) electrons. The molecule has 2 aromatic rings. The van der Waals surface area contributed by atoms with Crippen LogP contribution in [0, 0.1) is 6.92 Å². The maximum atomic E-state index is 12.7. The van der Waals surface area contributed by atoms with Gasteiger partial charge in [0.1, 0.15) is 5.75 Å². The van der Waals surface area contributed by atoms with Crippen LogP contribution in [0.4, 0.5) is 11.4 Å². The van der Waals surface area contributed by atoms with E-state index in [9.17, 15) is 4.79 Å². The van der Waals surface area contributed by atoms with Crippen molar-refractivity contribution in [1.29, 1.82) is 0 Å². The van der Waals surface area contributed by atoms with Crippen LogP contribution in [0.15, 0.2) is 36.4 Å². The van der Waals surface area contributed by atoms with Crippen LogP contribution in [0.1, 0.15) is 24.5 Å². The number of methoxy groups -OCH3 is 1. The minimum atomic E-state index is 0.134. The molecule has 0 fully saturated rings. The predicted octanol–water partition coefficient (Wildman–Crippen LogP) is 4.44. The Bertz CT molecular complexity index is 791. The summed E-state index contributed by atoms with van der Waals surface area (Å²) in [5, 5.41) is 3.96. The van der Waals surface area contributed by atoms with Crippen LogP contribution in [0.5, 0.6) is 5.75 Å². The lowest BCUT2D eigenvalue weighted by atomic mass is 10.1. The fraction of sp³-hybridized carbons (Fsp3) is 0.350. The van der Waals surface area contributed by atoms with Crippen molar-refractivity contribution in [3.8, 4) is 5.75 Å². The molecular weight excluding hydrogens is 336 g/mol. The highest BCUT2D eigenvalue weighted by Crippen LogP contribution is 2.33. The number of halogens is 1. The lowest BCUT2D eigenvalue weighted by Gasteiger charge is -2.23. The number of para-hydroxylation sites is 1. The number of anilines is 2. The standard InChI is InChI=1S/C20H23ClN2O2/c1-13-10-17(19(25-3)12-16(13)21)22-9-8-20(24)23-14(2)11-15-6-4-5-7-18(15)23/h4-7,10,12,14,22H,8-9,11H2,1-3H3. The summed E-state index contributed by atoms with van der Waals surface area (Å²) in [6.45, 7) is 4.58. The Balaban J connectivity index is 1.65. The highest BCUT2D eigenvalue weighted by molar-refractivity contribution is 6.31. The summed E-state index contributed by atoms with van der Waals surface area (Å²) >= 11 is 6.13. The van der Waals surface area contributed by atoms with Crippen molar-refractivity contribution in [1.82, 2.24) is 0 Å². The third kappa shape index (κ3) is 3.59. The number of hydrogen-bond acceptors (Lipinski definition) is 3. The molecule has 0 aliphatic carbocycles. The molecule has 1 N–H and O–H groups in total. The van der Waals surface area contributed by atoms with Gasteiger partial charge in [0.05, 0.1) is 12.8 Å². The summed E-state index contributed by atoms with van der Waals surface area (Å²) in [5.41, 5.74) is 4.11. The van der Waals surface area contributed by atoms with Crippen LogP contribution >= 0.6 is 11.6 Å². The molecule has 25 heavy (non-hydrogen) atoms. The maximum Gasteiger partial charge on any atom is 0.229 e. The van der Waals surface area contributed by atoms with Gasteiger partial charge in [-0.25, -0.2) is 0 Å². The second-order valence-corrected chi connectivity index (χ2v) is 6.83. The van der Waals surface area contributed by atoms with Gasteiger partial charge in [-0.1, -0.05) is 29.8 Å². The van der Waals surface area contributed by atoms with Crippen LogP contribution in [-0.2, 0) is 11.2 Å². The van der Waals surface area contributed by atoms with E-state index in [0.29, 0.717) is 23.7 Å². The van der Waals surface area contributed by atoms with E-state index in [1.54, 1.807) is 13.2 Å². The SMILES string of the molecule is COc1cc(Cl)c(C)cc1NCCC(=O)N1c2ccccc2CC1C. The van der Waals surface area contributed by atoms with Crippen molar-refractivity contribution in [3.63, 3.8) is 0 Å². The van der Waals surface area contributed by atoms with Crippen LogP contribution in [0.3, 0.4) is 0 Å². The van der Waals surface area contributed by atoms with Gasteiger partial charge in [-0.15, -0.1) is 0 Å². The molecule has 1 atom stereocenters. The number of fused-ring (bicyclic) bond motifs is 1. The molecule has 4 nitrogen and oxygen atoms in total. The normalized spacial score (nSPS) is 15.8. The Hall–Kier alpha value is -2.20. The third-order valence-electron chi connectivity index (χ3n) is 4.61. The molecule has 5 heteroatoms. The molecule has 0 aromatic heterocycles. The Morgan fingerprint density at radius 3 is 2.88 bits per heavy atom. The Labute approximate surface area is 153 Å². The highest BCUT2D eigenvalue weighted by atomic mass is 35.5. The topological polar surface area (TPSA) is 41.6 Å². The van der Waals surface area contributed by atoms with Gasteiger partial charge in [0.25, 0.3) is 0 Å². The highest BCUT2D eigenvalue weighted by Gasteiger charge is 2.29. The molecule has 1 aliphatic heterocycles. The van der Waals surface area contributed by atoms with Gasteiger partial charge in [-0.3, -0.25) is 4.79 Å². The first kappa shape index (κ1) is 17.6. The molecule has 3 rings (SSSR count). The first-order chi connectivity index (χ1) is 12.0. The number of rotatable bonds is 5. The monoisotopic (exact) mass is 358 g/mol. The first-order valence-corrected chi connectivity index (χ1v) is 8.87. The van der Waals surface area contributed by atoms with Gasteiger partial charge in [0.15, 0.2) is 0 Å². The fourth-order valence-corrected chi connectivity index (χ4v) is 3.49. The van der Waals surface area contributed by atoms with Crippen molar-refractivity contribution in [2.24, 2.45) is 0 Å². The number of amides is 1. The minimum Gasteiger partial charge on any atom is -0.495 e. The number of aryl methyl sites for hydroxylation is 1. The summed E-state index contributed by atoms with van der Waals surface area (Å²) in [4.78, 5) is 14.6. The van der Waals surface area contributed by atoms with E-state index in [4.69, 9.17) is 16.3 Å². The molecule has 132 valence electrons. The molecule has 0 saturated carbocycles. The average molecular weight is 359 g/mol. The van der Waals surface area contributed by atoms with E-state index in [1.165, 1.54) is 5.56 Å². The van der Waals surface area contributed by atoms with Gasteiger partial charge < -0.3 is 15.0 Å². The summed E-state index contributed by atoms with van der Waals surface area (Å²) < 4.78 is 5.36. The lowest BCUT2D eigenvalue weighted by molar-refractivity contribution is -0.118. The maximum absolute atomic E-state index is 12.7. The zero-order valence-corrected chi connectivity index (χ0v) is 15.6. The predicted molar refractivity (Wildman–Crippen MR) is 103 cm³/mol. The third-order valence-corrected chi connectivity index (χ3v) is 5.02. The van der Waals surface area contributed by atoms with Crippen molar-refractivity contribution < 1.29 is 9.53 Å². The number of carbonyl (C=O) groups is 1. The van der Waals surface area contributed by atoms with Crippen LogP contribution in [0.25, 0.3) is 0 Å². The average Bonchev–Trinajstić information content (AvgIpc) is 2.93. The quantitative estimate of drug-likeness (QED) is 0.859. The molecule has 1 amide bonds. The Morgan fingerprint density at radius 1 is 1.36 bits per heavy atom. The van der Waals surface area contributed by atoms with Crippen molar-refractivity contribution in [3.05, 3.63) is 52.5 Å². The van der Waals surface area contributed by atoms with E-state index in [0.717, 1.165) is 23.4 Å². The molecule has 1 heterocycles. The zero-order chi connectivity index (χ0) is 18.0. The van der Waals surface area contributed by atoms with E-state index in [1.807, 2.05) is 36.1 Å². The number of nitrogens with zero attached hydrogens (tertiary/aromatic N) is 1. The lowest BCUT2D eigenvalue weighted by Crippen LogP contribution is -2.36. The van der Waals surface area contributed by atoms with Gasteiger partial charge in [-0.05, 0) is 43.5 Å². The van der Waals surface area contributed by atoms with Crippen molar-refractivity contribution in [2.45, 2.75) is 32.7 Å². The van der Waals surface area contributed by atoms with Gasteiger partial charge in [-0.2, -0.15) is 0 Å². The Morgan fingerprint density at radius 2 is 2.12 bits per heavy atom. The van der Waals surface area contributed by atoms with Crippen molar-refractivity contribution >= 4 is 28.9 Å². The largest absolute Gasteiger partial charge is 0.495 e. The van der Waals surface area contributed by atoms with Gasteiger partial charge >= 0.3 is 0 Å². The van der Waals surface area contributed by atoms with Crippen LogP contribution in [0.2, 0.25) is 5.02 Å². The van der Waals surface area contributed by atoms with Crippen LogP contribution < -0.4 is 15.0 Å². The summed E-state index contributed by atoms with van der Waals surface area (Å²) in [6, 6.07) is 12.1. The molecule has 1 unspecified atom stereocenters. The molecule has 0 saturated heterocycles. The number of benzene rings is 2. The van der Waals surface area contributed by atoms with Gasteiger partial charge in [0.2, 0.25) is 5.91 Å². The van der Waals surface area contributed by atoms with E-state index in [2.05, 4.69) is 18.3 Å². The van der Waals surface area contributed by atoms with Gasteiger partial charge in [0, 0.05) is 35.8 Å². The molecule has 0 spiro atoms. The second-order valence-electron chi connectivity index (χ2n) is 6.42. The first-order valence-electron chi connectivity index (χ1n) is 8.49. The number of hydrogen-bond donors (Lipinski definition) is 1. The summed E-state index contributed by atoms with van der Waals surface area (Å²) in [5.74, 6) is 0.817. The Kier molecular flexibility index (Phi) is 5.19. The van der Waals surface area contributed by atoms with E-state index < -0.39 is 0 Å². The molecule has 1 aliphatic rings. The number of carbonyl (C=O) groups excluding carboxylic acids is 1. The molecule has 2 aromatic carbocycles. The van der Waals surface area contributed by atoms with E-state index >= 15 is 0 Å². The minimum absolute atomic E-state index is 0.134. The fourth-order valence-electron chi connectivity index (χ4n) is 3.34. The van der Waals surface area contributed by atoms with E-state index in [-0.39, 0.29) is 11.9 Å². The smallest absolute Gasteiger partial charge is 0.229 e. The summed E-state index contributed by atoms with van der Waals surface area (Å²) in [6.07, 6.45) is 1.34. The zero-order valence-electron chi connectivity index (χ0n) is 14.8. The molecule has 0 bridgehead atoms.